The number of phenols is 1. The van der Waals surface area contributed by atoms with Crippen LogP contribution in [0.1, 0.15) is 49.7 Å². The quantitative estimate of drug-likeness (QED) is 0.785. The van der Waals surface area contributed by atoms with E-state index in [1.54, 1.807) is 0 Å². The number of benzene rings is 1. The molecule has 2 aliphatic rings. The zero-order chi connectivity index (χ0) is 11.7. The van der Waals surface area contributed by atoms with Gasteiger partial charge in [0.1, 0.15) is 5.75 Å². The van der Waals surface area contributed by atoms with Crippen LogP contribution in [-0.2, 0) is 0 Å². The van der Waals surface area contributed by atoms with Crippen LogP contribution in [0.4, 0.5) is 0 Å². The van der Waals surface area contributed by atoms with Gasteiger partial charge in [-0.1, -0.05) is 24.3 Å². The summed E-state index contributed by atoms with van der Waals surface area (Å²) in [5, 5.41) is 10.1. The highest BCUT2D eigenvalue weighted by Crippen LogP contribution is 2.40. The number of aromatic hydroxyl groups is 1. The summed E-state index contributed by atoms with van der Waals surface area (Å²) in [6, 6.07) is 5.93. The van der Waals surface area contributed by atoms with Crippen molar-refractivity contribution in [1.29, 1.82) is 0 Å². The molecule has 0 fully saturated rings. The average Bonchev–Trinajstić information content (AvgIpc) is 3.02. The smallest absolute Gasteiger partial charge is 0.123 e. The predicted molar refractivity (Wildman–Crippen MR) is 71.8 cm³/mol. The second kappa shape index (κ2) is 4.40. The Labute approximate surface area is 102 Å². The van der Waals surface area contributed by atoms with Gasteiger partial charge in [0.15, 0.2) is 0 Å². The third-order valence-corrected chi connectivity index (χ3v) is 3.79. The summed E-state index contributed by atoms with van der Waals surface area (Å²) in [6.07, 6.45) is 11.7. The lowest BCUT2D eigenvalue weighted by Gasteiger charge is -2.13. The molecular weight excluding hydrogens is 208 g/mol. The fourth-order valence-corrected chi connectivity index (χ4v) is 2.96. The normalized spacial score (nSPS) is 19.3. The highest BCUT2D eigenvalue weighted by atomic mass is 16.3. The first-order chi connectivity index (χ1) is 8.36. The van der Waals surface area contributed by atoms with Gasteiger partial charge in [0.2, 0.25) is 0 Å². The molecule has 0 spiro atoms. The van der Waals surface area contributed by atoms with E-state index in [0.717, 1.165) is 24.8 Å². The Hall–Kier alpha value is -1.50. The Bertz CT molecular complexity index is 494. The molecule has 3 rings (SSSR count). The molecule has 0 amide bonds. The largest absolute Gasteiger partial charge is 0.507 e. The first-order valence-corrected chi connectivity index (χ1v) is 6.57. The van der Waals surface area contributed by atoms with Gasteiger partial charge >= 0.3 is 0 Å². The van der Waals surface area contributed by atoms with Crippen LogP contribution in [0.2, 0.25) is 0 Å². The second-order valence-corrected chi connectivity index (χ2v) is 4.94. The van der Waals surface area contributed by atoms with Gasteiger partial charge in [-0.3, -0.25) is 0 Å². The van der Waals surface area contributed by atoms with Gasteiger partial charge < -0.3 is 5.11 Å². The van der Waals surface area contributed by atoms with Gasteiger partial charge in [0.05, 0.1) is 0 Å². The zero-order valence-corrected chi connectivity index (χ0v) is 10.1. The van der Waals surface area contributed by atoms with Crippen molar-refractivity contribution in [2.24, 2.45) is 0 Å². The first-order valence-electron chi connectivity index (χ1n) is 6.57. The summed E-state index contributed by atoms with van der Waals surface area (Å²) in [5.74, 6) is 0.448. The molecule has 0 saturated heterocycles. The van der Waals surface area contributed by atoms with E-state index in [9.17, 15) is 5.11 Å². The Kier molecular flexibility index (Phi) is 2.76. The van der Waals surface area contributed by atoms with Crippen LogP contribution in [0, 0.1) is 0 Å². The van der Waals surface area contributed by atoms with Crippen molar-refractivity contribution in [2.45, 2.75) is 38.5 Å². The molecule has 17 heavy (non-hydrogen) atoms. The van der Waals surface area contributed by atoms with Crippen molar-refractivity contribution < 1.29 is 5.11 Å². The molecule has 0 radical (unpaired) electrons. The van der Waals surface area contributed by atoms with E-state index in [-0.39, 0.29) is 0 Å². The Morgan fingerprint density at radius 2 is 1.59 bits per heavy atom. The Morgan fingerprint density at radius 1 is 0.882 bits per heavy atom. The summed E-state index contributed by atoms with van der Waals surface area (Å²) in [5.41, 5.74) is 5.11. The van der Waals surface area contributed by atoms with E-state index < -0.39 is 0 Å². The molecule has 88 valence electrons. The van der Waals surface area contributed by atoms with Gasteiger partial charge in [-0.25, -0.2) is 0 Å². The molecule has 0 atom stereocenters. The number of allylic oxidation sites excluding steroid dienone is 4. The van der Waals surface area contributed by atoms with E-state index in [0.29, 0.717) is 5.75 Å². The monoisotopic (exact) mass is 226 g/mol. The molecule has 1 nitrogen and oxygen atoms in total. The minimum absolute atomic E-state index is 0.448. The van der Waals surface area contributed by atoms with Crippen LogP contribution in [0.15, 0.2) is 30.4 Å². The number of hydrogen-bond donors (Lipinski definition) is 1. The fraction of sp³-hybridized carbons (Fsp3) is 0.375. The number of hydrogen-bond acceptors (Lipinski definition) is 1. The van der Waals surface area contributed by atoms with E-state index in [4.69, 9.17) is 0 Å². The van der Waals surface area contributed by atoms with Crippen LogP contribution in [-0.4, -0.2) is 5.11 Å². The molecule has 2 aliphatic carbocycles. The van der Waals surface area contributed by atoms with Gasteiger partial charge in [0, 0.05) is 5.56 Å². The Balaban J connectivity index is 2.11. The maximum absolute atomic E-state index is 10.1. The summed E-state index contributed by atoms with van der Waals surface area (Å²) in [6.45, 7) is 0. The van der Waals surface area contributed by atoms with Gasteiger partial charge in [0.25, 0.3) is 0 Å². The molecule has 0 saturated carbocycles. The summed E-state index contributed by atoms with van der Waals surface area (Å²) in [7, 11) is 0. The molecule has 1 N–H and O–H groups in total. The van der Waals surface area contributed by atoms with Crippen LogP contribution < -0.4 is 0 Å². The highest BCUT2D eigenvalue weighted by Gasteiger charge is 2.18. The van der Waals surface area contributed by atoms with Crippen molar-refractivity contribution in [1.82, 2.24) is 0 Å². The van der Waals surface area contributed by atoms with E-state index >= 15 is 0 Å². The van der Waals surface area contributed by atoms with Crippen molar-refractivity contribution >= 4 is 11.1 Å². The summed E-state index contributed by atoms with van der Waals surface area (Å²) in [4.78, 5) is 0. The summed E-state index contributed by atoms with van der Waals surface area (Å²) < 4.78 is 0. The molecule has 0 bridgehead atoms. The van der Waals surface area contributed by atoms with Crippen molar-refractivity contribution in [3.8, 4) is 5.75 Å². The van der Waals surface area contributed by atoms with Crippen molar-refractivity contribution in [3.63, 3.8) is 0 Å². The summed E-state index contributed by atoms with van der Waals surface area (Å²) >= 11 is 0. The maximum Gasteiger partial charge on any atom is 0.123 e. The molecule has 1 aromatic rings. The van der Waals surface area contributed by atoms with Gasteiger partial charge in [-0.2, -0.15) is 0 Å². The fourth-order valence-electron chi connectivity index (χ4n) is 2.96. The molecule has 1 aromatic carbocycles. The lowest BCUT2D eigenvalue weighted by atomic mass is 9.93. The topological polar surface area (TPSA) is 20.2 Å². The molecule has 0 aromatic heterocycles. The number of rotatable bonds is 2. The van der Waals surface area contributed by atoms with E-state index in [1.165, 1.54) is 36.0 Å². The van der Waals surface area contributed by atoms with Crippen LogP contribution in [0.5, 0.6) is 5.75 Å². The maximum atomic E-state index is 10.1. The van der Waals surface area contributed by atoms with Crippen LogP contribution in [0.25, 0.3) is 11.1 Å². The zero-order valence-electron chi connectivity index (χ0n) is 10.1. The van der Waals surface area contributed by atoms with E-state index in [2.05, 4.69) is 18.2 Å². The minimum atomic E-state index is 0.448. The minimum Gasteiger partial charge on any atom is -0.507 e. The third kappa shape index (κ3) is 1.90. The average molecular weight is 226 g/mol. The third-order valence-electron chi connectivity index (χ3n) is 3.79. The first kappa shape index (κ1) is 10.6. The lowest BCUT2D eigenvalue weighted by Crippen LogP contribution is -1.92. The Morgan fingerprint density at radius 3 is 2.24 bits per heavy atom. The van der Waals surface area contributed by atoms with Crippen LogP contribution in [0.3, 0.4) is 0 Å². The van der Waals surface area contributed by atoms with Crippen molar-refractivity contribution in [2.75, 3.05) is 0 Å². The predicted octanol–water partition coefficient (Wildman–Crippen LogP) is 4.53. The molecule has 0 unspecified atom stereocenters. The number of phenolic OH excluding ortho intramolecular Hbond substituents is 1. The lowest BCUT2D eigenvalue weighted by molar-refractivity contribution is 0.473. The highest BCUT2D eigenvalue weighted by molar-refractivity contribution is 5.84. The van der Waals surface area contributed by atoms with Crippen LogP contribution >= 0.6 is 0 Å². The molecular formula is C16H18O. The SMILES string of the molecule is Oc1cccc(C2=CCCC2)c1C1=CCCC1. The standard InChI is InChI=1S/C16H18O/c17-15-11-5-10-14(12-6-1-2-7-12)16(15)13-8-3-4-9-13/h5-6,8,10-11,17H,1-4,7,9H2. The van der Waals surface area contributed by atoms with Crippen molar-refractivity contribution in [3.05, 3.63) is 41.5 Å². The molecule has 0 heterocycles. The van der Waals surface area contributed by atoms with Gasteiger partial charge in [-0.15, -0.1) is 0 Å². The molecule has 1 heteroatoms. The van der Waals surface area contributed by atoms with E-state index in [1.807, 2.05) is 12.1 Å². The molecule has 0 aliphatic heterocycles. The van der Waals surface area contributed by atoms with Gasteiger partial charge in [-0.05, 0) is 61.3 Å². The second-order valence-electron chi connectivity index (χ2n) is 4.94.